The fraction of sp³-hybridized carbons (Fsp3) is 0.483. The van der Waals surface area contributed by atoms with Crippen LogP contribution in [0.15, 0.2) is 42.5 Å². The number of thioether (sulfide) groups is 1. The number of fused-ring (bicyclic) bond motifs is 1. The van der Waals surface area contributed by atoms with Gasteiger partial charge in [-0.15, -0.1) is 11.8 Å². The number of carbonyl (C=O) groups is 3. The maximum Gasteiger partial charge on any atom is 0.248 e. The Balaban J connectivity index is 1.46. The van der Waals surface area contributed by atoms with E-state index in [-0.39, 0.29) is 30.9 Å². The topological polar surface area (TPSA) is 108 Å². The summed E-state index contributed by atoms with van der Waals surface area (Å²) in [6, 6.07) is 11.8. The number of nitrogens with one attached hydrogen (secondary N) is 2. The molecule has 3 aliphatic heterocycles. The summed E-state index contributed by atoms with van der Waals surface area (Å²) < 4.78 is 4.26. The predicted octanol–water partition coefficient (Wildman–Crippen LogP) is 4.49. The van der Waals surface area contributed by atoms with Crippen molar-refractivity contribution in [3.05, 3.63) is 53.1 Å². The van der Waals surface area contributed by atoms with Crippen LogP contribution in [-0.4, -0.2) is 63.0 Å². The standard InChI is InChI=1S/C29H34ClN3O5S/c1-4-38-19-11-9-18(10-12-19)31-25(35)21-22-27(37)33(15-6-16-34)24(29(22)14-13-28(21,3)39-29)26(36)32-23-17(2)7-5-8-20(23)30/h5,7-12,21-22,24,34H,4,6,13-16H2,1-3H3,(H,31,35)(H,32,36)/t21-,22+,24?,28+,29?/m1/s1. The van der Waals surface area contributed by atoms with E-state index in [0.717, 1.165) is 5.56 Å². The number of benzene rings is 2. The normalized spacial score (nSPS) is 28.9. The second-order valence-electron chi connectivity index (χ2n) is 10.7. The van der Waals surface area contributed by atoms with Crippen LogP contribution in [0.2, 0.25) is 5.02 Å². The average molecular weight is 572 g/mol. The molecule has 5 atom stereocenters. The van der Waals surface area contributed by atoms with Crippen molar-refractivity contribution in [3.63, 3.8) is 0 Å². The molecule has 0 saturated carbocycles. The predicted molar refractivity (Wildman–Crippen MR) is 153 cm³/mol. The summed E-state index contributed by atoms with van der Waals surface area (Å²) in [7, 11) is 0. The quantitative estimate of drug-likeness (QED) is 0.409. The van der Waals surface area contributed by atoms with E-state index in [1.807, 2.05) is 32.9 Å². The number of rotatable bonds is 9. The average Bonchev–Trinajstić information content (AvgIpc) is 3.47. The minimum atomic E-state index is -0.785. The molecule has 0 radical (unpaired) electrons. The molecular formula is C29H34ClN3O5S. The van der Waals surface area contributed by atoms with Crippen LogP contribution in [-0.2, 0) is 14.4 Å². The van der Waals surface area contributed by atoms with Crippen molar-refractivity contribution >= 4 is 52.5 Å². The van der Waals surface area contributed by atoms with Gasteiger partial charge in [0, 0.05) is 23.6 Å². The lowest BCUT2D eigenvalue weighted by Crippen LogP contribution is -2.52. The summed E-state index contributed by atoms with van der Waals surface area (Å²) in [5.74, 6) is -1.28. The number of ether oxygens (including phenoxy) is 1. The molecule has 8 nitrogen and oxygen atoms in total. The van der Waals surface area contributed by atoms with Crippen molar-refractivity contribution in [1.82, 2.24) is 4.90 Å². The Kier molecular flexibility index (Phi) is 7.61. The number of amides is 3. The molecule has 2 aromatic carbocycles. The molecule has 2 unspecified atom stereocenters. The molecule has 10 heteroatoms. The van der Waals surface area contributed by atoms with Gasteiger partial charge in [0.1, 0.15) is 11.8 Å². The number of aryl methyl sites for hydroxylation is 1. The van der Waals surface area contributed by atoms with Crippen molar-refractivity contribution in [2.75, 3.05) is 30.4 Å². The van der Waals surface area contributed by atoms with Crippen LogP contribution in [0.5, 0.6) is 5.75 Å². The van der Waals surface area contributed by atoms with E-state index in [4.69, 9.17) is 16.3 Å². The van der Waals surface area contributed by atoms with Gasteiger partial charge in [0.25, 0.3) is 0 Å². The number of anilines is 2. The van der Waals surface area contributed by atoms with Crippen molar-refractivity contribution in [1.29, 1.82) is 0 Å². The molecule has 3 aliphatic rings. The second-order valence-corrected chi connectivity index (χ2v) is 13.0. The van der Waals surface area contributed by atoms with E-state index in [2.05, 4.69) is 10.6 Å². The summed E-state index contributed by atoms with van der Waals surface area (Å²) in [6.45, 7) is 6.48. The molecular weight excluding hydrogens is 538 g/mol. The van der Waals surface area contributed by atoms with Gasteiger partial charge in [-0.25, -0.2) is 0 Å². The first kappa shape index (κ1) is 27.8. The molecule has 208 valence electrons. The molecule has 1 spiro atoms. The molecule has 3 N–H and O–H groups in total. The summed E-state index contributed by atoms with van der Waals surface area (Å²) in [4.78, 5) is 43.4. The highest BCUT2D eigenvalue weighted by molar-refractivity contribution is 8.02. The maximum atomic E-state index is 14.0. The molecule has 3 amide bonds. The Morgan fingerprint density at radius 1 is 1.15 bits per heavy atom. The maximum absolute atomic E-state index is 14.0. The summed E-state index contributed by atoms with van der Waals surface area (Å²) in [5, 5.41) is 16.0. The van der Waals surface area contributed by atoms with Gasteiger partial charge < -0.3 is 25.4 Å². The first-order valence-electron chi connectivity index (χ1n) is 13.4. The number of aliphatic hydroxyl groups excluding tert-OH is 1. The molecule has 5 rings (SSSR count). The van der Waals surface area contributed by atoms with Crippen LogP contribution in [0.1, 0.15) is 38.7 Å². The van der Waals surface area contributed by atoms with Gasteiger partial charge in [-0.2, -0.15) is 0 Å². The number of para-hydroxylation sites is 1. The minimum absolute atomic E-state index is 0.105. The number of nitrogens with zero attached hydrogens (tertiary/aromatic N) is 1. The van der Waals surface area contributed by atoms with E-state index in [0.29, 0.717) is 48.0 Å². The molecule has 3 fully saturated rings. The lowest BCUT2D eigenvalue weighted by molar-refractivity contribution is -0.139. The molecule has 0 aliphatic carbocycles. The monoisotopic (exact) mass is 571 g/mol. The Bertz CT molecular complexity index is 1270. The van der Waals surface area contributed by atoms with Crippen LogP contribution < -0.4 is 15.4 Å². The SMILES string of the molecule is CCOc1ccc(NC(=O)[C@H]2[C@H]3C(=O)N(CCCO)C(C(=O)Nc4c(C)cccc4Cl)C34CC[C@]2(C)S4)cc1. The number of halogens is 1. The Morgan fingerprint density at radius 3 is 2.56 bits per heavy atom. The largest absolute Gasteiger partial charge is 0.494 e. The Hall–Kier alpha value is -2.75. The third kappa shape index (κ3) is 4.68. The van der Waals surface area contributed by atoms with Crippen LogP contribution in [0.4, 0.5) is 11.4 Å². The summed E-state index contributed by atoms with van der Waals surface area (Å²) in [5.41, 5.74) is 1.96. The number of carbonyl (C=O) groups excluding carboxylic acids is 3. The number of aliphatic hydroxyl groups is 1. The summed E-state index contributed by atoms with van der Waals surface area (Å²) >= 11 is 8.02. The van der Waals surface area contributed by atoms with E-state index in [1.165, 1.54) is 0 Å². The highest BCUT2D eigenvalue weighted by Gasteiger charge is 2.77. The highest BCUT2D eigenvalue weighted by atomic mass is 35.5. The van der Waals surface area contributed by atoms with Crippen molar-refractivity contribution in [3.8, 4) is 5.75 Å². The van der Waals surface area contributed by atoms with Crippen molar-refractivity contribution in [2.45, 2.75) is 55.6 Å². The molecule has 2 aromatic rings. The third-order valence-corrected chi connectivity index (χ3v) is 10.6. The van der Waals surface area contributed by atoms with Gasteiger partial charge in [0.2, 0.25) is 17.7 Å². The minimum Gasteiger partial charge on any atom is -0.494 e. The number of hydrogen-bond acceptors (Lipinski definition) is 6. The van der Waals surface area contributed by atoms with Crippen molar-refractivity contribution < 1.29 is 24.2 Å². The number of likely N-dealkylation sites (tertiary alicyclic amines) is 1. The fourth-order valence-electron chi connectivity index (χ4n) is 6.61. The van der Waals surface area contributed by atoms with E-state index in [9.17, 15) is 19.5 Å². The molecule has 0 aromatic heterocycles. The molecule has 3 heterocycles. The highest BCUT2D eigenvalue weighted by Crippen LogP contribution is 2.71. The Labute approximate surface area is 237 Å². The smallest absolute Gasteiger partial charge is 0.248 e. The zero-order valence-corrected chi connectivity index (χ0v) is 23.9. The van der Waals surface area contributed by atoms with Gasteiger partial charge >= 0.3 is 0 Å². The zero-order chi connectivity index (χ0) is 27.9. The molecule has 39 heavy (non-hydrogen) atoms. The first-order valence-corrected chi connectivity index (χ1v) is 14.6. The van der Waals surface area contributed by atoms with Crippen LogP contribution in [0.3, 0.4) is 0 Å². The van der Waals surface area contributed by atoms with Gasteiger partial charge in [0.15, 0.2) is 0 Å². The lowest BCUT2D eigenvalue weighted by atomic mass is 9.66. The number of hydrogen-bond donors (Lipinski definition) is 3. The molecule has 3 saturated heterocycles. The first-order chi connectivity index (χ1) is 18.6. The zero-order valence-electron chi connectivity index (χ0n) is 22.3. The molecule has 2 bridgehead atoms. The fourth-order valence-corrected chi connectivity index (χ4v) is 9.24. The van der Waals surface area contributed by atoms with E-state index >= 15 is 0 Å². The van der Waals surface area contributed by atoms with Crippen LogP contribution >= 0.6 is 23.4 Å². The van der Waals surface area contributed by atoms with Gasteiger partial charge in [-0.05, 0) is 75.9 Å². The van der Waals surface area contributed by atoms with Crippen LogP contribution in [0, 0.1) is 18.8 Å². The Morgan fingerprint density at radius 2 is 1.90 bits per heavy atom. The van der Waals surface area contributed by atoms with Crippen LogP contribution in [0.25, 0.3) is 0 Å². The van der Waals surface area contributed by atoms with Crippen molar-refractivity contribution in [2.24, 2.45) is 11.8 Å². The second kappa shape index (κ2) is 10.7. The van der Waals surface area contributed by atoms with Gasteiger partial charge in [0.05, 0.1) is 33.9 Å². The van der Waals surface area contributed by atoms with Gasteiger partial charge in [-0.3, -0.25) is 14.4 Å². The van der Waals surface area contributed by atoms with E-state index < -0.39 is 27.4 Å². The summed E-state index contributed by atoms with van der Waals surface area (Å²) in [6.07, 6.45) is 1.70. The third-order valence-electron chi connectivity index (χ3n) is 8.27. The lowest BCUT2D eigenvalue weighted by Gasteiger charge is -2.35. The van der Waals surface area contributed by atoms with Gasteiger partial charge in [-0.1, -0.05) is 23.7 Å². The van der Waals surface area contributed by atoms with E-state index in [1.54, 1.807) is 47.0 Å².